The van der Waals surface area contributed by atoms with Crippen molar-refractivity contribution in [2.45, 2.75) is 43.2 Å². The third-order valence-electron chi connectivity index (χ3n) is 8.58. The molecule has 3 saturated heterocycles. The number of anilines is 1. The molecule has 26 heavy (non-hydrogen) atoms. The van der Waals surface area contributed by atoms with Gasteiger partial charge in [-0.1, -0.05) is 29.8 Å². The predicted octanol–water partition coefficient (Wildman–Crippen LogP) is 2.25. The lowest BCUT2D eigenvalue weighted by Gasteiger charge is -2.48. The topological polar surface area (TPSA) is 50.8 Å². The second-order valence-corrected chi connectivity index (χ2v) is 8.83. The molecular formula is C21H22N2O3. The Hall–Kier alpha value is -1.85. The molecule has 1 aromatic rings. The molecule has 0 aromatic heterocycles. The van der Waals surface area contributed by atoms with Crippen LogP contribution in [0.1, 0.15) is 25.3 Å². The van der Waals surface area contributed by atoms with Crippen molar-refractivity contribution in [1.29, 1.82) is 0 Å². The molecule has 6 aliphatic rings. The molecule has 4 aliphatic heterocycles. The van der Waals surface area contributed by atoms with Gasteiger partial charge in [0.2, 0.25) is 0 Å². The Labute approximate surface area is 152 Å². The van der Waals surface area contributed by atoms with Crippen LogP contribution in [0, 0.1) is 17.3 Å². The predicted molar refractivity (Wildman–Crippen MR) is 94.3 cm³/mol. The lowest BCUT2D eigenvalue weighted by atomic mass is 9.66. The van der Waals surface area contributed by atoms with Gasteiger partial charge in [-0.15, -0.1) is 0 Å². The van der Waals surface area contributed by atoms with Gasteiger partial charge in [0, 0.05) is 18.7 Å². The van der Waals surface area contributed by atoms with Crippen LogP contribution in [-0.2, 0) is 19.7 Å². The number of nitrogens with zero attached hydrogens (tertiary/aromatic N) is 1. The van der Waals surface area contributed by atoms with Gasteiger partial charge in [-0.05, 0) is 36.8 Å². The maximum atomic E-state index is 13.3. The number of para-hydroxylation sites is 1. The van der Waals surface area contributed by atoms with E-state index < -0.39 is 11.1 Å². The fourth-order valence-electron chi connectivity index (χ4n) is 8.04. The van der Waals surface area contributed by atoms with E-state index in [1.165, 1.54) is 11.1 Å². The zero-order valence-electron chi connectivity index (χ0n) is 15.0. The molecule has 2 unspecified atom stereocenters. The number of fused-ring (bicyclic) bond motifs is 6. The molecule has 7 atom stereocenters. The average Bonchev–Trinajstić information content (AvgIpc) is 3.01. The highest BCUT2D eigenvalue weighted by molar-refractivity contribution is 5.91. The van der Waals surface area contributed by atoms with Crippen LogP contribution in [0.25, 0.3) is 0 Å². The van der Waals surface area contributed by atoms with Crippen molar-refractivity contribution in [3.8, 4) is 0 Å². The summed E-state index contributed by atoms with van der Waals surface area (Å²) in [6.45, 7) is 3.11. The maximum absolute atomic E-state index is 13.3. The maximum Gasteiger partial charge on any atom is 0.313 e. The quantitative estimate of drug-likeness (QED) is 0.622. The van der Waals surface area contributed by atoms with Crippen molar-refractivity contribution < 1.29 is 14.3 Å². The first-order valence-corrected chi connectivity index (χ1v) is 9.70. The molecule has 0 amide bonds. The Kier molecular flexibility index (Phi) is 2.12. The fourth-order valence-corrected chi connectivity index (χ4v) is 8.04. The van der Waals surface area contributed by atoms with Crippen LogP contribution in [0.5, 0.6) is 0 Å². The lowest BCUT2D eigenvalue weighted by molar-refractivity contribution is -0.162. The molecule has 4 bridgehead atoms. The molecule has 0 radical (unpaired) electrons. The van der Waals surface area contributed by atoms with Crippen molar-refractivity contribution >= 4 is 11.7 Å². The van der Waals surface area contributed by atoms with E-state index in [0.717, 1.165) is 25.1 Å². The molecule has 1 aromatic carbocycles. The Bertz CT molecular complexity index is 928. The number of hydrogen-bond donors (Lipinski definition) is 1. The van der Waals surface area contributed by atoms with Gasteiger partial charge in [0.15, 0.2) is 5.72 Å². The molecule has 2 spiro atoms. The van der Waals surface area contributed by atoms with Crippen LogP contribution < -0.4 is 5.32 Å². The highest BCUT2D eigenvalue weighted by atomic mass is 16.6. The Balaban J connectivity index is 1.59. The molecule has 2 aliphatic carbocycles. The molecule has 5 heteroatoms. The minimum absolute atomic E-state index is 0.00441. The monoisotopic (exact) mass is 350 g/mol. The second kappa shape index (κ2) is 3.87. The smallest absolute Gasteiger partial charge is 0.313 e. The van der Waals surface area contributed by atoms with Crippen molar-refractivity contribution in [1.82, 2.24) is 4.90 Å². The van der Waals surface area contributed by atoms with Gasteiger partial charge in [0.25, 0.3) is 0 Å². The van der Waals surface area contributed by atoms with Crippen LogP contribution in [-0.4, -0.2) is 42.5 Å². The summed E-state index contributed by atoms with van der Waals surface area (Å²) in [6, 6.07) is 8.83. The number of benzene rings is 1. The average molecular weight is 350 g/mol. The first-order chi connectivity index (χ1) is 12.7. The van der Waals surface area contributed by atoms with E-state index in [1.807, 2.05) is 0 Å². The number of allylic oxidation sites excluding steroid dienone is 1. The molecule has 1 N–H and O–H groups in total. The van der Waals surface area contributed by atoms with Gasteiger partial charge in [-0.2, -0.15) is 0 Å². The van der Waals surface area contributed by atoms with Gasteiger partial charge in [0.05, 0.1) is 24.0 Å². The number of esters is 1. The van der Waals surface area contributed by atoms with E-state index >= 15 is 0 Å². The third kappa shape index (κ3) is 1.03. The van der Waals surface area contributed by atoms with E-state index in [4.69, 9.17) is 9.47 Å². The van der Waals surface area contributed by atoms with Crippen molar-refractivity contribution in [2.75, 3.05) is 19.0 Å². The zero-order chi connectivity index (χ0) is 17.5. The van der Waals surface area contributed by atoms with Crippen molar-refractivity contribution in [2.24, 2.45) is 17.3 Å². The first-order valence-electron chi connectivity index (χ1n) is 9.70. The van der Waals surface area contributed by atoms with E-state index in [9.17, 15) is 4.79 Å². The summed E-state index contributed by atoms with van der Waals surface area (Å²) in [7, 11) is 1.54. The third-order valence-corrected chi connectivity index (χ3v) is 8.58. The Morgan fingerprint density at radius 2 is 2.27 bits per heavy atom. The number of piperidine rings is 1. The number of carbonyl (C=O) groups excluding carboxylic acids is 1. The molecule has 5 nitrogen and oxygen atoms in total. The van der Waals surface area contributed by atoms with Gasteiger partial charge in [0.1, 0.15) is 6.23 Å². The molecule has 7 rings (SSSR count). The molecular weight excluding hydrogens is 328 g/mol. The second-order valence-electron chi connectivity index (χ2n) is 8.83. The van der Waals surface area contributed by atoms with Crippen molar-refractivity contribution in [3.63, 3.8) is 0 Å². The van der Waals surface area contributed by atoms with Gasteiger partial charge < -0.3 is 14.8 Å². The summed E-state index contributed by atoms with van der Waals surface area (Å²) in [5.74, 6) is 0.682. The van der Waals surface area contributed by atoms with E-state index in [1.54, 1.807) is 7.11 Å². The number of ether oxygens (including phenoxy) is 2. The summed E-state index contributed by atoms with van der Waals surface area (Å²) in [4.78, 5) is 15.8. The summed E-state index contributed by atoms with van der Waals surface area (Å²) in [6.07, 6.45) is 4.10. The van der Waals surface area contributed by atoms with Gasteiger partial charge >= 0.3 is 5.97 Å². The molecule has 134 valence electrons. The first kappa shape index (κ1) is 14.2. The summed E-state index contributed by atoms with van der Waals surface area (Å²) in [5, 5.41) is 3.79. The number of methoxy groups -OCH3 is 1. The minimum atomic E-state index is -0.478. The van der Waals surface area contributed by atoms with E-state index in [2.05, 4.69) is 47.5 Å². The van der Waals surface area contributed by atoms with Crippen LogP contribution in [0.3, 0.4) is 0 Å². The standard InChI is InChI=1S/C21H22N2O3/c1-3-11-10-23-15-8-12(11)17-19(18(24)25-2)9-16(23)26-21(15)20(17,19)13-6-4-5-7-14(13)22-21/h3-7,12,15-17,22H,8-10H2,1-2H3/b11-3+/t12-,15-,16+,17-,19?,20?,21+/m0/s1. The van der Waals surface area contributed by atoms with Gasteiger partial charge in [-0.25, -0.2) is 0 Å². The summed E-state index contributed by atoms with van der Waals surface area (Å²) < 4.78 is 12.2. The highest BCUT2D eigenvalue weighted by Gasteiger charge is 2.99. The number of rotatable bonds is 1. The van der Waals surface area contributed by atoms with E-state index in [-0.39, 0.29) is 23.5 Å². The molecule has 5 fully saturated rings. The zero-order valence-corrected chi connectivity index (χ0v) is 15.0. The fraction of sp³-hybridized carbons (Fsp3) is 0.571. The SMILES string of the molecule is C/C=C1\CN2[C@H]3C[C@@H]1[C@H]1C4(C(=O)OC)C[C@H]2O[C@]32Nc3ccccc3C142. The van der Waals surface area contributed by atoms with Crippen molar-refractivity contribution in [3.05, 3.63) is 41.5 Å². The van der Waals surface area contributed by atoms with Crippen LogP contribution in [0.15, 0.2) is 35.9 Å². The minimum Gasteiger partial charge on any atom is -0.469 e. The van der Waals surface area contributed by atoms with Crippen LogP contribution >= 0.6 is 0 Å². The van der Waals surface area contributed by atoms with Crippen LogP contribution in [0.4, 0.5) is 5.69 Å². The van der Waals surface area contributed by atoms with Gasteiger partial charge in [-0.3, -0.25) is 9.69 Å². The largest absolute Gasteiger partial charge is 0.469 e. The molecule has 2 saturated carbocycles. The number of hydrogen-bond acceptors (Lipinski definition) is 5. The lowest BCUT2D eigenvalue weighted by Crippen LogP contribution is -2.62. The van der Waals surface area contributed by atoms with E-state index in [0.29, 0.717) is 12.0 Å². The molecule has 4 heterocycles. The Morgan fingerprint density at radius 1 is 1.42 bits per heavy atom. The van der Waals surface area contributed by atoms with Crippen LogP contribution in [0.2, 0.25) is 0 Å². The summed E-state index contributed by atoms with van der Waals surface area (Å²) >= 11 is 0. The number of carbonyl (C=O) groups is 1. The Morgan fingerprint density at radius 3 is 3.08 bits per heavy atom. The summed E-state index contributed by atoms with van der Waals surface area (Å²) in [5.41, 5.74) is 2.64. The highest BCUT2D eigenvalue weighted by Crippen LogP contribution is 2.89. The number of nitrogens with one attached hydrogen (secondary N) is 1. The normalized spacial score (nSPS) is 52.5.